The van der Waals surface area contributed by atoms with Crippen LogP contribution in [0.25, 0.3) is 0 Å². The van der Waals surface area contributed by atoms with Gasteiger partial charge in [0.25, 0.3) is 5.91 Å². The highest BCUT2D eigenvalue weighted by molar-refractivity contribution is 8.03. The average molecular weight is 559 g/mol. The van der Waals surface area contributed by atoms with Gasteiger partial charge in [0.15, 0.2) is 18.8 Å². The maximum absolute atomic E-state index is 13.8. The molecular weight excluding hydrogens is 528 g/mol. The number of hydrogen-bond donors (Lipinski definition) is 2. The van der Waals surface area contributed by atoms with Crippen LogP contribution in [0.2, 0.25) is 0 Å². The number of para-hydroxylation sites is 1. The third-order valence-electron chi connectivity index (χ3n) is 6.88. The summed E-state index contributed by atoms with van der Waals surface area (Å²) in [5.41, 5.74) is 1.96. The number of thioether (sulfide) groups is 1. The lowest BCUT2D eigenvalue weighted by Gasteiger charge is -2.52. The van der Waals surface area contributed by atoms with E-state index in [0.717, 1.165) is 11.1 Å². The summed E-state index contributed by atoms with van der Waals surface area (Å²) in [6.45, 7) is 1.55. The van der Waals surface area contributed by atoms with Crippen molar-refractivity contribution in [1.29, 1.82) is 0 Å². The molecule has 3 unspecified atom stereocenters. The predicted molar refractivity (Wildman–Crippen MR) is 151 cm³/mol. The van der Waals surface area contributed by atoms with Crippen LogP contribution in [0.15, 0.2) is 102 Å². The molecule has 2 heterocycles. The van der Waals surface area contributed by atoms with Crippen molar-refractivity contribution in [3.8, 4) is 5.75 Å². The number of aliphatic hydroxyl groups is 1. The highest BCUT2D eigenvalue weighted by Gasteiger charge is 2.57. The van der Waals surface area contributed by atoms with Crippen LogP contribution >= 0.6 is 11.8 Å². The van der Waals surface area contributed by atoms with Gasteiger partial charge < -0.3 is 24.8 Å². The number of ether oxygens (including phenoxy) is 2. The number of nitrogens with one attached hydrogen (secondary N) is 1. The normalized spacial score (nSPS) is 20.6. The number of fused-ring (bicyclic) bond motifs is 1. The van der Waals surface area contributed by atoms with Gasteiger partial charge in [-0.3, -0.25) is 9.59 Å². The van der Waals surface area contributed by atoms with Crippen molar-refractivity contribution in [3.05, 3.63) is 113 Å². The highest BCUT2D eigenvalue weighted by Crippen LogP contribution is 2.42. The Labute approximate surface area is 237 Å². The Hall–Kier alpha value is -4.08. The van der Waals surface area contributed by atoms with Crippen molar-refractivity contribution in [2.24, 2.45) is 0 Å². The maximum atomic E-state index is 13.8. The molecule has 2 amide bonds. The quantitative estimate of drug-likeness (QED) is 0.288. The first-order valence-corrected chi connectivity index (χ1v) is 14.1. The molecule has 2 aliphatic heterocycles. The fourth-order valence-corrected chi connectivity index (χ4v) is 6.08. The molecule has 40 heavy (non-hydrogen) atoms. The van der Waals surface area contributed by atoms with Crippen LogP contribution in [0, 0.1) is 0 Å². The number of aliphatic hydroxyl groups excluding tert-OH is 1. The number of esters is 1. The van der Waals surface area contributed by atoms with Crippen molar-refractivity contribution < 1.29 is 29.0 Å². The van der Waals surface area contributed by atoms with Crippen LogP contribution < -0.4 is 10.1 Å². The van der Waals surface area contributed by atoms with Crippen LogP contribution in [-0.2, 0) is 19.1 Å². The first-order chi connectivity index (χ1) is 19.5. The average Bonchev–Trinajstić information content (AvgIpc) is 3.01. The van der Waals surface area contributed by atoms with Crippen LogP contribution in [0.3, 0.4) is 0 Å². The van der Waals surface area contributed by atoms with Crippen molar-refractivity contribution in [3.63, 3.8) is 0 Å². The van der Waals surface area contributed by atoms with Gasteiger partial charge in [0.05, 0.1) is 6.10 Å². The van der Waals surface area contributed by atoms with E-state index in [-0.39, 0.29) is 6.61 Å². The highest BCUT2D eigenvalue weighted by atomic mass is 32.2. The third-order valence-corrected chi connectivity index (χ3v) is 8.07. The van der Waals surface area contributed by atoms with Gasteiger partial charge in [-0.1, -0.05) is 85.8 Å². The van der Waals surface area contributed by atoms with E-state index >= 15 is 0 Å². The first kappa shape index (κ1) is 27.5. The van der Waals surface area contributed by atoms with Crippen molar-refractivity contribution in [2.75, 3.05) is 6.61 Å². The summed E-state index contributed by atoms with van der Waals surface area (Å²) in [7, 11) is 0. The Balaban J connectivity index is 1.34. The zero-order valence-corrected chi connectivity index (χ0v) is 22.7. The molecule has 0 bridgehead atoms. The molecular formula is C31H30N2O6S. The Morgan fingerprint density at radius 2 is 1.52 bits per heavy atom. The van der Waals surface area contributed by atoms with Crippen LogP contribution in [0.1, 0.15) is 30.6 Å². The second-order valence-corrected chi connectivity index (χ2v) is 10.5. The summed E-state index contributed by atoms with van der Waals surface area (Å²) in [5.74, 6) is -0.968. The molecule has 5 rings (SSSR count). The van der Waals surface area contributed by atoms with Crippen LogP contribution in [-0.4, -0.2) is 58.0 Å². The largest absolute Gasteiger partial charge is 0.484 e. The zero-order chi connectivity index (χ0) is 28.1. The minimum Gasteiger partial charge on any atom is -0.484 e. The molecule has 0 saturated carbocycles. The van der Waals surface area contributed by atoms with Gasteiger partial charge >= 0.3 is 5.97 Å². The second-order valence-electron chi connectivity index (χ2n) is 9.50. The fourth-order valence-electron chi connectivity index (χ4n) is 4.80. The van der Waals surface area contributed by atoms with Gasteiger partial charge in [-0.2, -0.15) is 0 Å². The van der Waals surface area contributed by atoms with Gasteiger partial charge in [0, 0.05) is 0 Å². The molecule has 0 spiro atoms. The Bertz CT molecular complexity index is 1330. The van der Waals surface area contributed by atoms with E-state index in [1.54, 1.807) is 36.6 Å². The van der Waals surface area contributed by atoms with Gasteiger partial charge in [0.1, 0.15) is 17.2 Å². The molecule has 0 aliphatic carbocycles. The topological polar surface area (TPSA) is 105 Å². The molecule has 8 nitrogen and oxygen atoms in total. The van der Waals surface area contributed by atoms with Gasteiger partial charge in [-0.05, 0) is 40.7 Å². The molecule has 4 atom stereocenters. The summed E-state index contributed by atoms with van der Waals surface area (Å²) in [4.78, 5) is 41.1. The third kappa shape index (κ3) is 5.76. The van der Waals surface area contributed by atoms with Gasteiger partial charge in [0.2, 0.25) is 5.91 Å². The summed E-state index contributed by atoms with van der Waals surface area (Å²) in [5, 5.41) is 14.7. The SMILES string of the molecule is CCC(O)C1=CS[C@H]2C(NC(=O)COc3ccccc3)C(=O)N2C1C(=O)OC(c1ccccc1)c1ccccc1. The maximum Gasteiger partial charge on any atom is 0.334 e. The minimum atomic E-state index is -1.11. The van der Waals surface area contributed by atoms with Crippen molar-refractivity contribution in [2.45, 2.75) is 43.0 Å². The monoisotopic (exact) mass is 558 g/mol. The standard InChI is InChI=1S/C31H30N2O6S/c1-2-24(34)23-19-40-30-26(32-25(35)18-38-22-16-10-5-11-17-22)29(36)33(30)27(23)31(37)39-28(20-12-6-3-7-13-20)21-14-8-4-9-15-21/h3-17,19,24,26-28,30,34H,2,18H2,1H3,(H,32,35)/t24?,26?,27?,30-/m0/s1. The lowest BCUT2D eigenvalue weighted by atomic mass is 9.93. The van der Waals surface area contributed by atoms with Crippen LogP contribution in [0.4, 0.5) is 0 Å². The van der Waals surface area contributed by atoms with Gasteiger partial charge in [-0.15, -0.1) is 11.8 Å². The molecule has 1 saturated heterocycles. The summed E-state index contributed by atoms with van der Waals surface area (Å²) in [6, 6.07) is 25.7. The van der Waals surface area contributed by atoms with Crippen molar-refractivity contribution in [1.82, 2.24) is 10.2 Å². The van der Waals surface area contributed by atoms with Crippen LogP contribution in [0.5, 0.6) is 5.75 Å². The first-order valence-electron chi connectivity index (χ1n) is 13.1. The minimum absolute atomic E-state index is 0.248. The molecule has 1 fully saturated rings. The molecule has 3 aromatic rings. The molecule has 2 N–H and O–H groups in total. The van der Waals surface area contributed by atoms with E-state index in [1.165, 1.54) is 16.7 Å². The Kier molecular flexibility index (Phi) is 8.52. The van der Waals surface area contributed by atoms with E-state index in [0.29, 0.717) is 17.7 Å². The smallest absolute Gasteiger partial charge is 0.334 e. The molecule has 2 aliphatic rings. The van der Waals surface area contributed by atoms with E-state index < -0.39 is 47.4 Å². The van der Waals surface area contributed by atoms with E-state index in [9.17, 15) is 19.5 Å². The Morgan fingerprint density at radius 3 is 2.10 bits per heavy atom. The van der Waals surface area contributed by atoms with Crippen molar-refractivity contribution >= 4 is 29.5 Å². The molecule has 9 heteroatoms. The summed E-state index contributed by atoms with van der Waals surface area (Å²) < 4.78 is 11.6. The molecule has 3 aromatic carbocycles. The lowest BCUT2D eigenvalue weighted by molar-refractivity contribution is -0.166. The molecule has 206 valence electrons. The lowest BCUT2D eigenvalue weighted by Crippen LogP contribution is -2.74. The van der Waals surface area contributed by atoms with E-state index in [4.69, 9.17) is 9.47 Å². The zero-order valence-electron chi connectivity index (χ0n) is 21.9. The Morgan fingerprint density at radius 1 is 0.950 bits per heavy atom. The summed E-state index contributed by atoms with van der Waals surface area (Å²) >= 11 is 1.29. The number of carbonyl (C=O) groups excluding carboxylic acids is 3. The number of carbonyl (C=O) groups is 3. The number of nitrogens with zero attached hydrogens (tertiary/aromatic N) is 1. The number of rotatable bonds is 10. The molecule has 0 radical (unpaired) electrons. The number of benzene rings is 3. The fraction of sp³-hybridized carbons (Fsp3) is 0.258. The number of amides is 2. The summed E-state index contributed by atoms with van der Waals surface area (Å²) in [6.07, 6.45) is -1.27. The van der Waals surface area contributed by atoms with E-state index in [1.807, 2.05) is 66.7 Å². The van der Waals surface area contributed by atoms with Gasteiger partial charge in [-0.25, -0.2) is 4.79 Å². The van der Waals surface area contributed by atoms with E-state index in [2.05, 4.69) is 5.32 Å². The predicted octanol–water partition coefficient (Wildman–Crippen LogP) is 3.82. The molecule has 0 aromatic heterocycles. The second kappa shape index (κ2) is 12.4. The number of hydrogen-bond acceptors (Lipinski definition) is 7. The number of β-lactam (4-membered cyclic amide) rings is 1.